The molecule has 1 saturated heterocycles. The Bertz CT molecular complexity index is 606. The second-order valence-corrected chi connectivity index (χ2v) is 5.09. The number of esters is 1. The Hall–Kier alpha value is -2.29. The van der Waals surface area contributed by atoms with Crippen molar-refractivity contribution in [3.63, 3.8) is 0 Å². The molecule has 0 spiro atoms. The fraction of sp³-hybridized carbons (Fsp3) is 0.429. The lowest BCUT2D eigenvalue weighted by Crippen LogP contribution is -2.43. The third kappa shape index (κ3) is 3.92. The monoisotopic (exact) mass is 332 g/mol. The number of urea groups is 1. The third-order valence-electron chi connectivity index (χ3n) is 3.45. The molecule has 0 radical (unpaired) electrons. The van der Waals surface area contributed by atoms with Crippen LogP contribution in [0.3, 0.4) is 0 Å². The van der Waals surface area contributed by atoms with Crippen molar-refractivity contribution in [2.45, 2.75) is 24.7 Å². The number of nitrogens with one attached hydrogen (secondary N) is 1. The number of methoxy groups -OCH3 is 1. The zero-order chi connectivity index (χ0) is 17.2. The highest BCUT2D eigenvalue weighted by Gasteiger charge is 2.40. The van der Waals surface area contributed by atoms with Gasteiger partial charge in [-0.2, -0.15) is 13.2 Å². The Morgan fingerprint density at radius 3 is 2.70 bits per heavy atom. The standard InChI is InChI=1S/C14H15F3N2O4/c1-23-12(21)11-6-10(20)7-19(11)13(22)18-9-4-2-3-8(5-9)14(15,16)17/h2-5,10-11,20H,6-7H2,1H3,(H,18,22)/t10-,11+/m1/s1. The number of carbonyl (C=O) groups excluding carboxylic acids is 2. The molecule has 0 aliphatic carbocycles. The Morgan fingerprint density at radius 1 is 1.39 bits per heavy atom. The van der Waals surface area contributed by atoms with Crippen LogP contribution in [0.2, 0.25) is 0 Å². The molecule has 2 atom stereocenters. The highest BCUT2D eigenvalue weighted by Crippen LogP contribution is 2.31. The van der Waals surface area contributed by atoms with E-state index < -0.39 is 35.9 Å². The minimum absolute atomic E-state index is 0.0166. The van der Waals surface area contributed by atoms with Crippen LogP contribution in [-0.4, -0.2) is 47.8 Å². The van der Waals surface area contributed by atoms with Crippen molar-refractivity contribution >= 4 is 17.7 Å². The largest absolute Gasteiger partial charge is 0.467 e. The number of alkyl halides is 3. The molecular formula is C14H15F3N2O4. The maximum absolute atomic E-state index is 12.7. The van der Waals surface area contributed by atoms with Crippen LogP contribution in [-0.2, 0) is 15.7 Å². The van der Waals surface area contributed by atoms with Crippen LogP contribution in [0, 0.1) is 0 Å². The molecule has 1 heterocycles. The van der Waals surface area contributed by atoms with E-state index in [1.165, 1.54) is 6.07 Å². The number of nitrogens with zero attached hydrogens (tertiary/aromatic N) is 1. The quantitative estimate of drug-likeness (QED) is 0.810. The number of benzene rings is 1. The Labute approximate surface area is 129 Å². The second kappa shape index (κ2) is 6.45. The van der Waals surface area contributed by atoms with Crippen molar-refractivity contribution in [2.75, 3.05) is 19.0 Å². The number of aliphatic hydroxyl groups excluding tert-OH is 1. The van der Waals surface area contributed by atoms with Crippen LogP contribution in [0.25, 0.3) is 0 Å². The summed E-state index contributed by atoms with van der Waals surface area (Å²) in [5.74, 6) is -0.694. The number of β-amino-alcohol motifs (C(OH)–C–C–N with tert-alkyl or cyclic N) is 1. The van der Waals surface area contributed by atoms with Crippen molar-refractivity contribution in [1.82, 2.24) is 4.90 Å². The number of ether oxygens (including phenoxy) is 1. The summed E-state index contributed by atoms with van der Waals surface area (Å²) in [6.07, 6.45) is -5.41. The van der Waals surface area contributed by atoms with E-state index >= 15 is 0 Å². The van der Waals surface area contributed by atoms with Gasteiger partial charge >= 0.3 is 18.2 Å². The topological polar surface area (TPSA) is 78.9 Å². The van der Waals surface area contributed by atoms with Crippen LogP contribution < -0.4 is 5.32 Å². The summed E-state index contributed by atoms with van der Waals surface area (Å²) in [5, 5.41) is 11.9. The average molecular weight is 332 g/mol. The van der Waals surface area contributed by atoms with E-state index in [1.807, 2.05) is 0 Å². The predicted molar refractivity (Wildman–Crippen MR) is 73.6 cm³/mol. The van der Waals surface area contributed by atoms with Gasteiger partial charge in [-0.1, -0.05) is 6.07 Å². The third-order valence-corrected chi connectivity index (χ3v) is 3.45. The van der Waals surface area contributed by atoms with Gasteiger partial charge in [-0.25, -0.2) is 9.59 Å². The van der Waals surface area contributed by atoms with E-state index in [9.17, 15) is 27.9 Å². The fourth-order valence-electron chi connectivity index (χ4n) is 2.37. The van der Waals surface area contributed by atoms with Crippen LogP contribution in [0.5, 0.6) is 0 Å². The maximum atomic E-state index is 12.7. The Balaban J connectivity index is 2.14. The number of amides is 2. The Morgan fingerprint density at radius 2 is 2.09 bits per heavy atom. The normalized spacial score (nSPS) is 21.2. The molecule has 0 unspecified atom stereocenters. The predicted octanol–water partition coefficient (Wildman–Crippen LogP) is 1.85. The molecule has 0 bridgehead atoms. The fourth-order valence-corrected chi connectivity index (χ4v) is 2.37. The first-order valence-electron chi connectivity index (χ1n) is 6.73. The molecule has 1 aliphatic rings. The summed E-state index contributed by atoms with van der Waals surface area (Å²) in [6, 6.07) is 2.38. The summed E-state index contributed by atoms with van der Waals surface area (Å²) < 4.78 is 42.5. The first-order chi connectivity index (χ1) is 10.7. The maximum Gasteiger partial charge on any atom is 0.416 e. The molecule has 0 saturated carbocycles. The van der Waals surface area contributed by atoms with Crippen molar-refractivity contribution < 1.29 is 32.6 Å². The van der Waals surface area contributed by atoms with E-state index in [2.05, 4.69) is 10.1 Å². The first kappa shape index (κ1) is 17.1. The molecule has 1 aliphatic heterocycles. The summed E-state index contributed by atoms with van der Waals surface area (Å²) in [5.41, 5.74) is -0.962. The zero-order valence-corrected chi connectivity index (χ0v) is 12.1. The van der Waals surface area contributed by atoms with Gasteiger partial charge in [0.25, 0.3) is 0 Å². The molecule has 23 heavy (non-hydrogen) atoms. The number of anilines is 1. The molecule has 2 amide bonds. The summed E-state index contributed by atoms with van der Waals surface area (Å²) >= 11 is 0. The lowest BCUT2D eigenvalue weighted by atomic mass is 10.2. The summed E-state index contributed by atoms with van der Waals surface area (Å²) in [4.78, 5) is 24.8. The van der Waals surface area contributed by atoms with Crippen molar-refractivity contribution in [3.05, 3.63) is 29.8 Å². The Kier molecular flexibility index (Phi) is 4.79. The molecule has 1 fully saturated rings. The number of likely N-dealkylation sites (tertiary alicyclic amines) is 1. The zero-order valence-electron chi connectivity index (χ0n) is 12.1. The minimum Gasteiger partial charge on any atom is -0.467 e. The first-order valence-corrected chi connectivity index (χ1v) is 6.73. The minimum atomic E-state index is -4.53. The lowest BCUT2D eigenvalue weighted by Gasteiger charge is -2.22. The van der Waals surface area contributed by atoms with Gasteiger partial charge in [0, 0.05) is 18.7 Å². The molecule has 0 aromatic heterocycles. The summed E-state index contributed by atoms with van der Waals surface area (Å²) in [6.45, 7) is -0.107. The SMILES string of the molecule is COC(=O)[C@@H]1C[C@@H](O)CN1C(=O)Nc1cccc(C(F)(F)F)c1. The van der Waals surface area contributed by atoms with Crippen LogP contribution >= 0.6 is 0 Å². The number of carbonyl (C=O) groups is 2. The van der Waals surface area contributed by atoms with Gasteiger partial charge < -0.3 is 20.1 Å². The number of aliphatic hydroxyl groups is 1. The molecule has 1 aromatic carbocycles. The number of hydrogen-bond donors (Lipinski definition) is 2. The lowest BCUT2D eigenvalue weighted by molar-refractivity contribution is -0.145. The molecule has 126 valence electrons. The van der Waals surface area contributed by atoms with Crippen molar-refractivity contribution in [3.8, 4) is 0 Å². The van der Waals surface area contributed by atoms with E-state index in [4.69, 9.17) is 0 Å². The smallest absolute Gasteiger partial charge is 0.416 e. The highest BCUT2D eigenvalue weighted by molar-refractivity contribution is 5.93. The van der Waals surface area contributed by atoms with Gasteiger partial charge in [0.2, 0.25) is 0 Å². The number of hydrogen-bond acceptors (Lipinski definition) is 4. The van der Waals surface area contributed by atoms with E-state index in [1.54, 1.807) is 0 Å². The van der Waals surface area contributed by atoms with Gasteiger partial charge in [0.1, 0.15) is 6.04 Å². The van der Waals surface area contributed by atoms with Crippen LogP contribution in [0.15, 0.2) is 24.3 Å². The van der Waals surface area contributed by atoms with Crippen LogP contribution in [0.1, 0.15) is 12.0 Å². The van der Waals surface area contributed by atoms with Gasteiger partial charge in [0.05, 0.1) is 18.8 Å². The van der Waals surface area contributed by atoms with Crippen molar-refractivity contribution in [1.29, 1.82) is 0 Å². The molecule has 9 heteroatoms. The molecule has 1 aromatic rings. The van der Waals surface area contributed by atoms with Gasteiger partial charge in [-0.05, 0) is 18.2 Å². The van der Waals surface area contributed by atoms with Gasteiger partial charge in [0.15, 0.2) is 0 Å². The van der Waals surface area contributed by atoms with E-state index in [-0.39, 0.29) is 18.7 Å². The van der Waals surface area contributed by atoms with Gasteiger partial charge in [-0.3, -0.25) is 0 Å². The van der Waals surface area contributed by atoms with Gasteiger partial charge in [-0.15, -0.1) is 0 Å². The van der Waals surface area contributed by atoms with E-state index in [0.29, 0.717) is 0 Å². The average Bonchev–Trinajstić information content (AvgIpc) is 2.88. The number of halogens is 3. The molecule has 2 N–H and O–H groups in total. The van der Waals surface area contributed by atoms with E-state index in [0.717, 1.165) is 30.2 Å². The molecular weight excluding hydrogens is 317 g/mol. The molecule has 6 nitrogen and oxygen atoms in total. The highest BCUT2D eigenvalue weighted by atomic mass is 19.4. The molecule has 2 rings (SSSR count). The van der Waals surface area contributed by atoms with Crippen molar-refractivity contribution in [2.24, 2.45) is 0 Å². The summed E-state index contributed by atoms with van der Waals surface area (Å²) in [7, 11) is 1.15. The van der Waals surface area contributed by atoms with Crippen LogP contribution in [0.4, 0.5) is 23.7 Å². The second-order valence-electron chi connectivity index (χ2n) is 5.09. The number of rotatable bonds is 2.